The van der Waals surface area contributed by atoms with E-state index in [0.717, 1.165) is 12.0 Å². The Morgan fingerprint density at radius 1 is 1.44 bits per heavy atom. The lowest BCUT2D eigenvalue weighted by Gasteiger charge is -2.27. The standard InChI is InChI=1S/C12H13NO3/c1-16-11(14)8-13-7-6-9-4-2-3-5-10(9)12(13)15/h2-5H,6-8H2,1H3. The molecule has 16 heavy (non-hydrogen) atoms. The largest absolute Gasteiger partial charge is 0.468 e. The van der Waals surface area contributed by atoms with Crippen LogP contribution in [-0.2, 0) is 16.0 Å². The second-order valence-electron chi connectivity index (χ2n) is 3.71. The summed E-state index contributed by atoms with van der Waals surface area (Å²) >= 11 is 0. The first-order chi connectivity index (χ1) is 7.72. The Hall–Kier alpha value is -1.84. The maximum absolute atomic E-state index is 12.0. The van der Waals surface area contributed by atoms with E-state index in [0.29, 0.717) is 12.1 Å². The summed E-state index contributed by atoms with van der Waals surface area (Å²) in [7, 11) is 1.32. The number of carbonyl (C=O) groups is 2. The van der Waals surface area contributed by atoms with Crippen molar-refractivity contribution in [2.45, 2.75) is 6.42 Å². The van der Waals surface area contributed by atoms with E-state index in [-0.39, 0.29) is 18.4 Å². The Balaban J connectivity index is 2.18. The zero-order chi connectivity index (χ0) is 11.5. The van der Waals surface area contributed by atoms with Gasteiger partial charge in [0.2, 0.25) is 0 Å². The first kappa shape index (κ1) is 10.7. The SMILES string of the molecule is COC(=O)CN1CCc2ccccc2C1=O. The van der Waals surface area contributed by atoms with E-state index in [1.807, 2.05) is 18.2 Å². The van der Waals surface area contributed by atoms with Crippen LogP contribution in [0.5, 0.6) is 0 Å². The van der Waals surface area contributed by atoms with E-state index in [9.17, 15) is 9.59 Å². The molecule has 1 aromatic carbocycles. The van der Waals surface area contributed by atoms with Crippen LogP contribution in [0.4, 0.5) is 0 Å². The maximum Gasteiger partial charge on any atom is 0.325 e. The Labute approximate surface area is 93.8 Å². The van der Waals surface area contributed by atoms with Gasteiger partial charge in [0.05, 0.1) is 7.11 Å². The molecule has 1 aromatic rings. The van der Waals surface area contributed by atoms with Crippen molar-refractivity contribution in [3.8, 4) is 0 Å². The molecule has 1 amide bonds. The molecule has 4 heteroatoms. The fourth-order valence-electron chi connectivity index (χ4n) is 1.85. The van der Waals surface area contributed by atoms with Crippen molar-refractivity contribution < 1.29 is 14.3 Å². The predicted octanol–water partition coefficient (Wildman–Crippen LogP) is 0.858. The molecule has 1 aliphatic rings. The maximum atomic E-state index is 12.0. The van der Waals surface area contributed by atoms with Gasteiger partial charge < -0.3 is 9.64 Å². The topological polar surface area (TPSA) is 46.6 Å². The third-order valence-electron chi connectivity index (χ3n) is 2.73. The number of hydrogen-bond donors (Lipinski definition) is 0. The average Bonchev–Trinajstić information content (AvgIpc) is 2.33. The summed E-state index contributed by atoms with van der Waals surface area (Å²) in [6.45, 7) is 0.606. The zero-order valence-electron chi connectivity index (χ0n) is 9.10. The summed E-state index contributed by atoms with van der Waals surface area (Å²) in [4.78, 5) is 24.6. The van der Waals surface area contributed by atoms with Gasteiger partial charge in [0.15, 0.2) is 0 Å². The molecular weight excluding hydrogens is 206 g/mol. The lowest BCUT2D eigenvalue weighted by Crippen LogP contribution is -2.41. The molecule has 1 aliphatic heterocycles. The predicted molar refractivity (Wildman–Crippen MR) is 58.1 cm³/mol. The molecule has 0 saturated carbocycles. The molecule has 0 atom stereocenters. The molecule has 4 nitrogen and oxygen atoms in total. The van der Waals surface area contributed by atoms with Gasteiger partial charge in [-0.25, -0.2) is 0 Å². The molecule has 0 unspecified atom stereocenters. The molecule has 2 rings (SSSR count). The molecule has 0 aromatic heterocycles. The average molecular weight is 219 g/mol. The van der Waals surface area contributed by atoms with Crippen molar-refractivity contribution in [1.82, 2.24) is 4.90 Å². The molecule has 1 heterocycles. The second kappa shape index (κ2) is 4.35. The summed E-state index contributed by atoms with van der Waals surface area (Å²) in [5.74, 6) is -0.472. The first-order valence-electron chi connectivity index (χ1n) is 5.16. The number of rotatable bonds is 2. The minimum Gasteiger partial charge on any atom is -0.468 e. The number of carbonyl (C=O) groups excluding carboxylic acids is 2. The molecule has 0 fully saturated rings. The Morgan fingerprint density at radius 2 is 2.19 bits per heavy atom. The van der Waals surface area contributed by atoms with Crippen molar-refractivity contribution in [2.24, 2.45) is 0 Å². The van der Waals surface area contributed by atoms with Gasteiger partial charge >= 0.3 is 5.97 Å². The van der Waals surface area contributed by atoms with E-state index in [4.69, 9.17) is 0 Å². The number of ether oxygens (including phenoxy) is 1. The van der Waals surface area contributed by atoms with Crippen LogP contribution in [0.25, 0.3) is 0 Å². The third-order valence-corrected chi connectivity index (χ3v) is 2.73. The van der Waals surface area contributed by atoms with Crippen LogP contribution in [0.1, 0.15) is 15.9 Å². The van der Waals surface area contributed by atoms with Gasteiger partial charge in [-0.2, -0.15) is 0 Å². The molecule has 84 valence electrons. The summed E-state index contributed by atoms with van der Waals surface area (Å²) in [6.07, 6.45) is 0.791. The van der Waals surface area contributed by atoms with Crippen LogP contribution in [-0.4, -0.2) is 37.0 Å². The van der Waals surface area contributed by atoms with Crippen LogP contribution >= 0.6 is 0 Å². The highest BCUT2D eigenvalue weighted by molar-refractivity contribution is 5.98. The van der Waals surface area contributed by atoms with Crippen molar-refractivity contribution in [1.29, 1.82) is 0 Å². The molecule has 0 saturated heterocycles. The fraction of sp³-hybridized carbons (Fsp3) is 0.333. The Kier molecular flexibility index (Phi) is 2.90. The van der Waals surface area contributed by atoms with Gasteiger partial charge in [0.25, 0.3) is 5.91 Å². The highest BCUT2D eigenvalue weighted by atomic mass is 16.5. The van der Waals surface area contributed by atoms with Gasteiger partial charge in [-0.1, -0.05) is 18.2 Å². The van der Waals surface area contributed by atoms with E-state index in [2.05, 4.69) is 4.74 Å². The molecular formula is C12H13NO3. The molecule has 0 bridgehead atoms. The highest BCUT2D eigenvalue weighted by Gasteiger charge is 2.25. The van der Waals surface area contributed by atoms with Gasteiger partial charge in [-0.3, -0.25) is 9.59 Å². The van der Waals surface area contributed by atoms with Crippen molar-refractivity contribution >= 4 is 11.9 Å². The number of esters is 1. The fourth-order valence-corrected chi connectivity index (χ4v) is 1.85. The Morgan fingerprint density at radius 3 is 2.94 bits per heavy atom. The van der Waals surface area contributed by atoms with Crippen molar-refractivity contribution in [3.05, 3.63) is 35.4 Å². The number of fused-ring (bicyclic) bond motifs is 1. The lowest BCUT2D eigenvalue weighted by molar-refractivity contribution is -0.141. The minimum atomic E-state index is -0.382. The van der Waals surface area contributed by atoms with Gasteiger partial charge in [-0.15, -0.1) is 0 Å². The lowest BCUT2D eigenvalue weighted by atomic mass is 9.99. The quantitative estimate of drug-likeness (QED) is 0.693. The van der Waals surface area contributed by atoms with E-state index in [1.54, 1.807) is 6.07 Å². The van der Waals surface area contributed by atoms with E-state index < -0.39 is 0 Å². The second-order valence-corrected chi connectivity index (χ2v) is 3.71. The number of nitrogens with zero attached hydrogens (tertiary/aromatic N) is 1. The molecule has 0 N–H and O–H groups in total. The third kappa shape index (κ3) is 1.91. The van der Waals surface area contributed by atoms with Gasteiger partial charge in [-0.05, 0) is 18.1 Å². The van der Waals surface area contributed by atoms with E-state index >= 15 is 0 Å². The van der Waals surface area contributed by atoms with E-state index in [1.165, 1.54) is 12.0 Å². The van der Waals surface area contributed by atoms with Crippen LogP contribution in [0.3, 0.4) is 0 Å². The smallest absolute Gasteiger partial charge is 0.325 e. The van der Waals surface area contributed by atoms with Gasteiger partial charge in [0, 0.05) is 12.1 Å². The van der Waals surface area contributed by atoms with Crippen LogP contribution in [0, 0.1) is 0 Å². The summed E-state index contributed by atoms with van der Waals surface area (Å²) < 4.78 is 4.56. The van der Waals surface area contributed by atoms with Crippen molar-refractivity contribution in [3.63, 3.8) is 0 Å². The summed E-state index contributed by atoms with van der Waals surface area (Å²) in [6, 6.07) is 7.49. The number of hydrogen-bond acceptors (Lipinski definition) is 3. The van der Waals surface area contributed by atoms with Crippen LogP contribution < -0.4 is 0 Å². The number of benzene rings is 1. The number of methoxy groups -OCH3 is 1. The molecule has 0 spiro atoms. The first-order valence-corrected chi connectivity index (χ1v) is 5.16. The highest BCUT2D eigenvalue weighted by Crippen LogP contribution is 2.18. The van der Waals surface area contributed by atoms with Crippen LogP contribution in [0.2, 0.25) is 0 Å². The Bertz CT molecular complexity index is 428. The van der Waals surface area contributed by atoms with Crippen LogP contribution in [0.15, 0.2) is 24.3 Å². The number of amides is 1. The molecule has 0 aliphatic carbocycles. The molecule has 0 radical (unpaired) electrons. The zero-order valence-corrected chi connectivity index (χ0v) is 9.10. The van der Waals surface area contributed by atoms with Crippen molar-refractivity contribution in [2.75, 3.05) is 20.2 Å². The summed E-state index contributed by atoms with van der Waals surface area (Å²) in [5.41, 5.74) is 1.74. The normalized spacial score (nSPS) is 14.6. The summed E-state index contributed by atoms with van der Waals surface area (Å²) in [5, 5.41) is 0. The monoisotopic (exact) mass is 219 g/mol. The minimum absolute atomic E-state index is 0.0314. The van der Waals surface area contributed by atoms with Gasteiger partial charge in [0.1, 0.15) is 6.54 Å².